The van der Waals surface area contributed by atoms with Crippen molar-refractivity contribution in [1.82, 2.24) is 14.8 Å². The first-order valence-corrected chi connectivity index (χ1v) is 9.29. The Balaban J connectivity index is 1.77. The fourth-order valence-electron chi connectivity index (χ4n) is 2.52. The lowest BCUT2D eigenvalue weighted by atomic mass is 10.2. The van der Waals surface area contributed by atoms with Crippen LogP contribution in [0.25, 0.3) is 11.4 Å². The van der Waals surface area contributed by atoms with E-state index in [2.05, 4.69) is 22.1 Å². The zero-order valence-corrected chi connectivity index (χ0v) is 16.1. The van der Waals surface area contributed by atoms with E-state index in [1.807, 2.05) is 11.5 Å². The van der Waals surface area contributed by atoms with Crippen LogP contribution in [0.15, 0.2) is 52.8 Å². The Hall–Kier alpha value is -2.94. The van der Waals surface area contributed by atoms with Gasteiger partial charge in [-0.05, 0) is 32.0 Å². The predicted molar refractivity (Wildman–Crippen MR) is 103 cm³/mol. The average molecular weight is 404 g/mol. The monoisotopic (exact) mass is 404 g/mol. The van der Waals surface area contributed by atoms with Crippen molar-refractivity contribution in [2.75, 3.05) is 5.32 Å². The van der Waals surface area contributed by atoms with E-state index >= 15 is 0 Å². The summed E-state index contributed by atoms with van der Waals surface area (Å²) in [5.74, 6) is -1.05. The van der Waals surface area contributed by atoms with E-state index in [4.69, 9.17) is 4.42 Å². The van der Waals surface area contributed by atoms with E-state index in [0.29, 0.717) is 23.3 Å². The van der Waals surface area contributed by atoms with Crippen molar-refractivity contribution in [2.45, 2.75) is 30.8 Å². The van der Waals surface area contributed by atoms with Crippen LogP contribution in [0.2, 0.25) is 0 Å². The summed E-state index contributed by atoms with van der Waals surface area (Å²) in [6.45, 7) is 7.72. The number of thioether (sulfide) groups is 1. The molecule has 0 aliphatic rings. The molecule has 9 heteroatoms. The van der Waals surface area contributed by atoms with Crippen molar-refractivity contribution in [2.24, 2.45) is 0 Å². The largest absolute Gasteiger partial charge is 0.469 e. The number of carbonyl (C=O) groups is 1. The summed E-state index contributed by atoms with van der Waals surface area (Å²) in [5, 5.41) is 10.9. The number of nitrogens with zero attached hydrogens (tertiary/aromatic N) is 3. The van der Waals surface area contributed by atoms with Crippen LogP contribution in [-0.2, 0) is 11.3 Å². The minimum atomic E-state index is -1.02. The summed E-state index contributed by atoms with van der Waals surface area (Å²) in [7, 11) is 0. The molecule has 0 unspecified atom stereocenters. The second-order valence-corrected chi connectivity index (χ2v) is 7.28. The first kappa shape index (κ1) is 19.8. The number of carbonyl (C=O) groups excluding carboxylic acids is 1. The number of anilines is 1. The Bertz CT molecular complexity index is 1020. The number of furan rings is 1. The molecule has 0 aliphatic heterocycles. The van der Waals surface area contributed by atoms with Crippen LogP contribution in [0.5, 0.6) is 0 Å². The summed E-state index contributed by atoms with van der Waals surface area (Å²) >= 11 is 1.20. The Morgan fingerprint density at radius 3 is 2.79 bits per heavy atom. The van der Waals surface area contributed by atoms with Crippen molar-refractivity contribution in [3.63, 3.8) is 0 Å². The van der Waals surface area contributed by atoms with Crippen LogP contribution in [0.4, 0.5) is 14.5 Å². The first-order valence-electron chi connectivity index (χ1n) is 8.41. The zero-order valence-electron chi connectivity index (χ0n) is 15.3. The Morgan fingerprint density at radius 1 is 1.36 bits per heavy atom. The third-order valence-electron chi connectivity index (χ3n) is 3.97. The number of amides is 1. The van der Waals surface area contributed by atoms with E-state index < -0.39 is 16.9 Å². The molecule has 1 aromatic carbocycles. The molecule has 0 aliphatic carbocycles. The van der Waals surface area contributed by atoms with Gasteiger partial charge < -0.3 is 9.73 Å². The highest BCUT2D eigenvalue weighted by molar-refractivity contribution is 8.00. The molecule has 1 atom stereocenters. The second kappa shape index (κ2) is 8.39. The molecule has 0 saturated carbocycles. The highest BCUT2D eigenvalue weighted by atomic mass is 32.2. The number of allylic oxidation sites excluding steroid dienone is 1. The summed E-state index contributed by atoms with van der Waals surface area (Å²) in [6, 6.07) is 4.99. The standard InChI is InChI=1S/C19H18F2N4O2S/c1-4-8-25-17(14-7-9-27-11(14)2)23-24-19(25)28-12(3)18(26)22-13-5-6-15(20)16(21)10-13/h4-7,9-10,12H,1,8H2,2-3H3,(H,22,26)/t12-/m0/s1. The van der Waals surface area contributed by atoms with Crippen molar-refractivity contribution in [3.8, 4) is 11.4 Å². The van der Waals surface area contributed by atoms with Gasteiger partial charge in [0.1, 0.15) is 5.76 Å². The molecule has 1 amide bonds. The molecule has 0 radical (unpaired) electrons. The maximum absolute atomic E-state index is 13.3. The Labute approximate surface area is 164 Å². The van der Waals surface area contributed by atoms with Crippen LogP contribution in [-0.4, -0.2) is 25.9 Å². The van der Waals surface area contributed by atoms with Gasteiger partial charge in [0, 0.05) is 18.3 Å². The SMILES string of the molecule is C=CCn1c(S[C@@H](C)C(=O)Nc2ccc(F)c(F)c2)nnc1-c1ccoc1C. The maximum Gasteiger partial charge on any atom is 0.237 e. The molecule has 1 N–H and O–H groups in total. The van der Waals surface area contributed by atoms with Gasteiger partial charge in [-0.15, -0.1) is 16.8 Å². The fraction of sp³-hybridized carbons (Fsp3) is 0.211. The van der Waals surface area contributed by atoms with Gasteiger partial charge in [-0.25, -0.2) is 8.78 Å². The molecule has 2 aromatic heterocycles. The molecular formula is C19H18F2N4O2S. The molecule has 3 aromatic rings. The minimum Gasteiger partial charge on any atom is -0.469 e. The number of nitrogens with one attached hydrogen (secondary N) is 1. The van der Waals surface area contributed by atoms with Crippen LogP contribution >= 0.6 is 11.8 Å². The van der Waals surface area contributed by atoms with Crippen molar-refractivity contribution >= 4 is 23.4 Å². The molecule has 3 rings (SSSR count). The molecular weight excluding hydrogens is 386 g/mol. The van der Waals surface area contributed by atoms with E-state index in [9.17, 15) is 13.6 Å². The first-order chi connectivity index (χ1) is 13.4. The molecule has 146 valence electrons. The third-order valence-corrected chi connectivity index (χ3v) is 5.05. The van der Waals surface area contributed by atoms with Gasteiger partial charge in [0.05, 0.1) is 17.1 Å². The molecule has 0 bridgehead atoms. The van der Waals surface area contributed by atoms with Crippen LogP contribution in [0.1, 0.15) is 12.7 Å². The van der Waals surface area contributed by atoms with E-state index in [1.165, 1.54) is 17.8 Å². The lowest BCUT2D eigenvalue weighted by Crippen LogP contribution is -2.23. The predicted octanol–water partition coefficient (Wildman–Crippen LogP) is 4.43. The number of aryl methyl sites for hydroxylation is 1. The van der Waals surface area contributed by atoms with Gasteiger partial charge in [0.15, 0.2) is 22.6 Å². The highest BCUT2D eigenvalue weighted by Gasteiger charge is 2.22. The number of rotatable bonds is 7. The number of halogens is 2. The summed E-state index contributed by atoms with van der Waals surface area (Å²) in [6.07, 6.45) is 3.28. The van der Waals surface area contributed by atoms with Gasteiger partial charge in [0.2, 0.25) is 5.91 Å². The van der Waals surface area contributed by atoms with Gasteiger partial charge in [0.25, 0.3) is 0 Å². The number of hydrogen-bond donors (Lipinski definition) is 1. The normalized spacial score (nSPS) is 12.0. The molecule has 0 spiro atoms. The maximum atomic E-state index is 13.3. The fourth-order valence-corrected chi connectivity index (χ4v) is 3.37. The van der Waals surface area contributed by atoms with E-state index in [0.717, 1.165) is 17.7 Å². The van der Waals surface area contributed by atoms with Crippen LogP contribution in [0, 0.1) is 18.6 Å². The molecule has 28 heavy (non-hydrogen) atoms. The number of hydrogen-bond acceptors (Lipinski definition) is 5. The lowest BCUT2D eigenvalue weighted by Gasteiger charge is -2.13. The molecule has 0 saturated heterocycles. The van der Waals surface area contributed by atoms with Crippen molar-refractivity contribution in [1.29, 1.82) is 0 Å². The van der Waals surface area contributed by atoms with Crippen LogP contribution in [0.3, 0.4) is 0 Å². The van der Waals surface area contributed by atoms with Crippen molar-refractivity contribution in [3.05, 3.63) is 60.6 Å². The molecule has 6 nitrogen and oxygen atoms in total. The minimum absolute atomic E-state index is 0.179. The van der Waals surface area contributed by atoms with Gasteiger partial charge >= 0.3 is 0 Å². The highest BCUT2D eigenvalue weighted by Crippen LogP contribution is 2.29. The summed E-state index contributed by atoms with van der Waals surface area (Å²) in [4.78, 5) is 12.4. The smallest absolute Gasteiger partial charge is 0.237 e. The lowest BCUT2D eigenvalue weighted by molar-refractivity contribution is -0.115. The Morgan fingerprint density at radius 2 is 2.14 bits per heavy atom. The zero-order chi connectivity index (χ0) is 20.3. The molecule has 2 heterocycles. The van der Waals surface area contributed by atoms with Crippen molar-refractivity contribution < 1.29 is 18.0 Å². The van der Waals surface area contributed by atoms with Crippen LogP contribution < -0.4 is 5.32 Å². The number of benzene rings is 1. The molecule has 0 fully saturated rings. The topological polar surface area (TPSA) is 73.0 Å². The van der Waals surface area contributed by atoms with Gasteiger partial charge in [-0.2, -0.15) is 0 Å². The summed E-state index contributed by atoms with van der Waals surface area (Å²) in [5.41, 5.74) is 0.985. The average Bonchev–Trinajstić information content (AvgIpc) is 3.24. The Kier molecular flexibility index (Phi) is 5.93. The van der Waals surface area contributed by atoms with Gasteiger partial charge in [-0.3, -0.25) is 9.36 Å². The van der Waals surface area contributed by atoms with E-state index in [-0.39, 0.29) is 11.6 Å². The second-order valence-electron chi connectivity index (χ2n) is 5.97. The summed E-state index contributed by atoms with van der Waals surface area (Å²) < 4.78 is 33.5. The third kappa shape index (κ3) is 4.14. The quantitative estimate of drug-likeness (QED) is 0.466. The van der Waals surface area contributed by atoms with Gasteiger partial charge in [-0.1, -0.05) is 17.8 Å². The van der Waals surface area contributed by atoms with E-state index in [1.54, 1.807) is 25.3 Å². The number of aromatic nitrogens is 3.